The summed E-state index contributed by atoms with van der Waals surface area (Å²) in [6.07, 6.45) is 2.65. The van der Waals surface area contributed by atoms with Crippen LogP contribution in [0.5, 0.6) is 0 Å². The maximum absolute atomic E-state index is 4.29. The number of piperidine rings is 1. The number of nitrogens with zero attached hydrogens (tertiary/aromatic N) is 1. The van der Waals surface area contributed by atoms with E-state index in [0.717, 1.165) is 38.1 Å². The Labute approximate surface area is 79.2 Å². The summed E-state index contributed by atoms with van der Waals surface area (Å²) in [4.78, 5) is 4.29. The Balaban J connectivity index is 1.66. The van der Waals surface area contributed by atoms with Gasteiger partial charge in [0, 0.05) is 13.1 Å². The summed E-state index contributed by atoms with van der Waals surface area (Å²) >= 11 is 0. The third-order valence-corrected chi connectivity index (χ3v) is 2.63. The summed E-state index contributed by atoms with van der Waals surface area (Å²) in [6, 6.07) is 0. The van der Waals surface area contributed by atoms with Gasteiger partial charge in [0.2, 0.25) is 0 Å². The monoisotopic (exact) mass is 182 g/mol. The number of aliphatic imine (C=N–C) groups is 1. The van der Waals surface area contributed by atoms with Crippen LogP contribution in [0.2, 0.25) is 0 Å². The van der Waals surface area contributed by atoms with Gasteiger partial charge in [-0.2, -0.15) is 0 Å². The molecule has 1 unspecified atom stereocenters. The summed E-state index contributed by atoms with van der Waals surface area (Å²) in [6.45, 7) is 5.31. The largest absolute Gasteiger partial charge is 0.356 e. The fourth-order valence-electron chi connectivity index (χ4n) is 1.86. The van der Waals surface area contributed by atoms with Crippen LogP contribution in [0, 0.1) is 5.92 Å². The van der Waals surface area contributed by atoms with Crippen LogP contribution in [0.1, 0.15) is 12.8 Å². The van der Waals surface area contributed by atoms with Crippen molar-refractivity contribution in [2.24, 2.45) is 10.9 Å². The SMILES string of the molecule is C1CNCC(CNC2=NCCN2)C1. The predicted octanol–water partition coefficient (Wildman–Crippen LogP) is -0.465. The first-order valence-corrected chi connectivity index (χ1v) is 5.18. The van der Waals surface area contributed by atoms with Crippen molar-refractivity contribution in [1.29, 1.82) is 0 Å². The van der Waals surface area contributed by atoms with Crippen LogP contribution in [-0.4, -0.2) is 38.7 Å². The second-order valence-electron chi connectivity index (χ2n) is 3.75. The first kappa shape index (κ1) is 8.81. The van der Waals surface area contributed by atoms with Gasteiger partial charge in [-0.25, -0.2) is 0 Å². The fraction of sp³-hybridized carbons (Fsp3) is 0.889. The van der Waals surface area contributed by atoms with Crippen molar-refractivity contribution in [3.63, 3.8) is 0 Å². The molecule has 1 fully saturated rings. The molecule has 2 heterocycles. The van der Waals surface area contributed by atoms with E-state index in [0.29, 0.717) is 0 Å². The second-order valence-corrected chi connectivity index (χ2v) is 3.75. The molecular weight excluding hydrogens is 164 g/mol. The summed E-state index contributed by atoms with van der Waals surface area (Å²) < 4.78 is 0. The first-order valence-electron chi connectivity index (χ1n) is 5.18. The summed E-state index contributed by atoms with van der Waals surface area (Å²) in [5, 5.41) is 9.97. The number of hydrogen-bond donors (Lipinski definition) is 3. The van der Waals surface area contributed by atoms with E-state index < -0.39 is 0 Å². The van der Waals surface area contributed by atoms with Gasteiger partial charge in [0.25, 0.3) is 0 Å². The van der Waals surface area contributed by atoms with Crippen LogP contribution < -0.4 is 16.0 Å². The molecule has 13 heavy (non-hydrogen) atoms. The molecule has 2 aliphatic heterocycles. The molecule has 0 aliphatic carbocycles. The van der Waals surface area contributed by atoms with E-state index in [1.54, 1.807) is 0 Å². The molecule has 0 spiro atoms. The summed E-state index contributed by atoms with van der Waals surface area (Å²) in [5.74, 6) is 1.77. The zero-order valence-corrected chi connectivity index (χ0v) is 7.97. The molecule has 4 heteroatoms. The van der Waals surface area contributed by atoms with Crippen LogP contribution in [0.3, 0.4) is 0 Å². The van der Waals surface area contributed by atoms with Gasteiger partial charge in [0.05, 0.1) is 6.54 Å². The van der Waals surface area contributed by atoms with Gasteiger partial charge < -0.3 is 16.0 Å². The van der Waals surface area contributed by atoms with E-state index in [9.17, 15) is 0 Å². The molecule has 3 N–H and O–H groups in total. The molecule has 0 saturated carbocycles. The van der Waals surface area contributed by atoms with Gasteiger partial charge in [0.1, 0.15) is 0 Å². The maximum atomic E-state index is 4.29. The Bertz CT molecular complexity index is 184. The maximum Gasteiger partial charge on any atom is 0.191 e. The molecule has 0 radical (unpaired) electrons. The normalized spacial score (nSPS) is 28.0. The van der Waals surface area contributed by atoms with Gasteiger partial charge >= 0.3 is 0 Å². The Hall–Kier alpha value is -0.770. The smallest absolute Gasteiger partial charge is 0.191 e. The average molecular weight is 182 g/mol. The van der Waals surface area contributed by atoms with Crippen molar-refractivity contribution in [3.8, 4) is 0 Å². The van der Waals surface area contributed by atoms with Crippen molar-refractivity contribution in [2.75, 3.05) is 32.7 Å². The minimum absolute atomic E-state index is 0.777. The van der Waals surface area contributed by atoms with Crippen LogP contribution in [-0.2, 0) is 0 Å². The molecule has 2 aliphatic rings. The van der Waals surface area contributed by atoms with Crippen molar-refractivity contribution in [3.05, 3.63) is 0 Å². The van der Waals surface area contributed by atoms with Crippen molar-refractivity contribution in [2.45, 2.75) is 12.8 Å². The Morgan fingerprint density at radius 3 is 3.15 bits per heavy atom. The van der Waals surface area contributed by atoms with Crippen LogP contribution in [0.25, 0.3) is 0 Å². The standard InChI is InChI=1S/C9H18N4/c1-2-8(6-10-3-1)7-13-9-11-4-5-12-9/h8,10H,1-7H2,(H2,11,12,13). The van der Waals surface area contributed by atoms with Gasteiger partial charge in [0.15, 0.2) is 5.96 Å². The minimum atomic E-state index is 0.777. The van der Waals surface area contributed by atoms with Crippen molar-refractivity contribution in [1.82, 2.24) is 16.0 Å². The van der Waals surface area contributed by atoms with Crippen LogP contribution >= 0.6 is 0 Å². The third kappa shape index (κ3) is 2.59. The highest BCUT2D eigenvalue weighted by atomic mass is 15.2. The highest BCUT2D eigenvalue weighted by molar-refractivity contribution is 5.81. The number of guanidine groups is 1. The molecule has 2 rings (SSSR count). The topological polar surface area (TPSA) is 48.5 Å². The molecule has 1 saturated heterocycles. The highest BCUT2D eigenvalue weighted by Gasteiger charge is 2.13. The van der Waals surface area contributed by atoms with Gasteiger partial charge in [-0.05, 0) is 31.8 Å². The quantitative estimate of drug-likeness (QED) is 0.541. The lowest BCUT2D eigenvalue weighted by molar-refractivity contribution is 0.375. The number of nitrogens with one attached hydrogen (secondary N) is 3. The molecule has 74 valence electrons. The second kappa shape index (κ2) is 4.46. The predicted molar refractivity (Wildman–Crippen MR) is 53.9 cm³/mol. The lowest BCUT2D eigenvalue weighted by Gasteiger charge is -2.23. The lowest BCUT2D eigenvalue weighted by Crippen LogP contribution is -2.41. The van der Waals surface area contributed by atoms with Crippen LogP contribution in [0.4, 0.5) is 0 Å². The molecule has 0 aromatic rings. The minimum Gasteiger partial charge on any atom is -0.356 e. The molecule has 0 amide bonds. The highest BCUT2D eigenvalue weighted by Crippen LogP contribution is 2.07. The zero-order chi connectivity index (χ0) is 8.93. The van der Waals surface area contributed by atoms with E-state index in [-0.39, 0.29) is 0 Å². The molecule has 4 nitrogen and oxygen atoms in total. The molecule has 0 aromatic heterocycles. The van der Waals surface area contributed by atoms with Crippen molar-refractivity contribution >= 4 is 5.96 Å². The van der Waals surface area contributed by atoms with Gasteiger partial charge in [-0.1, -0.05) is 0 Å². The van der Waals surface area contributed by atoms with E-state index in [1.165, 1.54) is 19.4 Å². The zero-order valence-electron chi connectivity index (χ0n) is 7.97. The van der Waals surface area contributed by atoms with Crippen molar-refractivity contribution < 1.29 is 0 Å². The first-order chi connectivity index (χ1) is 6.45. The molecule has 0 bridgehead atoms. The summed E-state index contributed by atoms with van der Waals surface area (Å²) in [5.41, 5.74) is 0. The Morgan fingerprint density at radius 2 is 2.46 bits per heavy atom. The van der Waals surface area contributed by atoms with Gasteiger partial charge in [-0.3, -0.25) is 4.99 Å². The molecule has 1 atom stereocenters. The van der Waals surface area contributed by atoms with E-state index in [4.69, 9.17) is 0 Å². The lowest BCUT2D eigenvalue weighted by atomic mass is 10.00. The van der Waals surface area contributed by atoms with E-state index in [1.807, 2.05) is 0 Å². The van der Waals surface area contributed by atoms with E-state index in [2.05, 4.69) is 20.9 Å². The van der Waals surface area contributed by atoms with E-state index >= 15 is 0 Å². The fourth-order valence-corrected chi connectivity index (χ4v) is 1.86. The molecule has 0 aromatic carbocycles. The average Bonchev–Trinajstić information content (AvgIpc) is 2.69. The Morgan fingerprint density at radius 1 is 1.46 bits per heavy atom. The third-order valence-electron chi connectivity index (χ3n) is 2.63. The van der Waals surface area contributed by atoms with Crippen LogP contribution in [0.15, 0.2) is 4.99 Å². The number of hydrogen-bond acceptors (Lipinski definition) is 4. The number of rotatable bonds is 2. The molecular formula is C9H18N4. The summed E-state index contributed by atoms with van der Waals surface area (Å²) in [7, 11) is 0. The Kier molecular flexibility index (Phi) is 3.02. The van der Waals surface area contributed by atoms with Gasteiger partial charge in [-0.15, -0.1) is 0 Å².